The van der Waals surface area contributed by atoms with Gasteiger partial charge in [0, 0.05) is 6.07 Å². The quantitative estimate of drug-likeness (QED) is 0.164. The monoisotopic (exact) mass is 277 g/mol. The number of carbonyl (C=O) groups excluding carboxylic acids is 2. The summed E-state index contributed by atoms with van der Waals surface area (Å²) in [5.41, 5.74) is 1.66. The summed E-state index contributed by atoms with van der Waals surface area (Å²) in [5, 5.41) is 29.3. The van der Waals surface area contributed by atoms with Gasteiger partial charge in [-0.2, -0.15) is 0 Å². The largest absolute Gasteiger partial charge is 0.504 e. The average Bonchev–Trinajstić information content (AvgIpc) is 2.32. The van der Waals surface area contributed by atoms with Crippen LogP contribution in [0.15, 0.2) is 23.4 Å². The normalized spacial score (nSPS) is 9.50. The zero-order valence-electron chi connectivity index (χ0n) is 10.7. The Morgan fingerprint density at radius 1 is 1.25 bits per heavy atom. The molecule has 1 aromatic carbocycles. The zero-order valence-corrected chi connectivity index (χ0v) is 10.7. The van der Waals surface area contributed by atoms with Gasteiger partial charge in [0.15, 0.2) is 17.3 Å². The molecule has 0 saturated heterocycles. The molecule has 7 nitrogen and oxygen atoms in total. The number of ketones is 2. The molecule has 0 aromatic heterocycles. The summed E-state index contributed by atoms with van der Waals surface area (Å²) in [6, 6.07) is 2.03. The van der Waals surface area contributed by atoms with Crippen LogP contribution in [0, 0.1) is 10.1 Å². The van der Waals surface area contributed by atoms with E-state index in [9.17, 15) is 29.9 Å². The lowest BCUT2D eigenvalue weighted by molar-refractivity contribution is -0.386. The number of phenols is 2. The Morgan fingerprint density at radius 3 is 2.25 bits per heavy atom. The maximum atomic E-state index is 11.2. The SMILES string of the molecule is CC(=O)C(=C=Cc1cc(O)c(O)c([N+](=O)[O-])c1)C(C)=O. The van der Waals surface area contributed by atoms with Gasteiger partial charge in [0.2, 0.25) is 5.75 Å². The first-order chi connectivity index (χ1) is 9.23. The summed E-state index contributed by atoms with van der Waals surface area (Å²) in [6.45, 7) is 2.38. The van der Waals surface area contributed by atoms with Gasteiger partial charge in [0.25, 0.3) is 0 Å². The molecule has 0 aliphatic heterocycles. The minimum absolute atomic E-state index is 0.118. The fourth-order valence-electron chi connectivity index (χ4n) is 1.45. The second kappa shape index (κ2) is 5.81. The number of rotatable bonds is 4. The molecule has 0 aliphatic rings. The van der Waals surface area contributed by atoms with Crippen molar-refractivity contribution in [3.05, 3.63) is 39.1 Å². The standard InChI is InChI=1S/C13H11NO6/c1-7(15)10(8(2)16)4-3-9-5-11(14(19)20)13(18)12(17)6-9/h3,5-6,17-18H,1-2H3. The van der Waals surface area contributed by atoms with Crippen LogP contribution in [0.2, 0.25) is 0 Å². The first-order valence-electron chi connectivity index (χ1n) is 5.43. The predicted molar refractivity (Wildman–Crippen MR) is 69.3 cm³/mol. The van der Waals surface area contributed by atoms with Crippen molar-refractivity contribution in [1.82, 2.24) is 0 Å². The van der Waals surface area contributed by atoms with E-state index in [0.717, 1.165) is 18.2 Å². The summed E-state index contributed by atoms with van der Waals surface area (Å²) in [4.78, 5) is 32.1. The minimum Gasteiger partial charge on any atom is -0.504 e. The van der Waals surface area contributed by atoms with E-state index in [1.165, 1.54) is 13.8 Å². The van der Waals surface area contributed by atoms with Crippen LogP contribution in [0.25, 0.3) is 6.08 Å². The third kappa shape index (κ3) is 3.30. The van der Waals surface area contributed by atoms with Crippen LogP contribution in [0.1, 0.15) is 19.4 Å². The fourth-order valence-corrected chi connectivity index (χ4v) is 1.45. The molecule has 104 valence electrons. The van der Waals surface area contributed by atoms with E-state index in [-0.39, 0.29) is 11.1 Å². The highest BCUT2D eigenvalue weighted by Crippen LogP contribution is 2.36. The number of nitrogens with zero attached hydrogens (tertiary/aromatic N) is 1. The molecule has 0 aliphatic carbocycles. The highest BCUT2D eigenvalue weighted by atomic mass is 16.6. The van der Waals surface area contributed by atoms with Crippen molar-refractivity contribution in [3.8, 4) is 11.5 Å². The van der Waals surface area contributed by atoms with Crippen molar-refractivity contribution in [1.29, 1.82) is 0 Å². The summed E-state index contributed by atoms with van der Waals surface area (Å²) < 4.78 is 0. The minimum atomic E-state index is -0.868. The second-order valence-electron chi connectivity index (χ2n) is 3.94. The maximum Gasteiger partial charge on any atom is 0.315 e. The van der Waals surface area contributed by atoms with E-state index < -0.39 is 33.7 Å². The number of nitro groups is 1. The van der Waals surface area contributed by atoms with Gasteiger partial charge >= 0.3 is 5.69 Å². The zero-order chi connectivity index (χ0) is 15.4. The van der Waals surface area contributed by atoms with Gasteiger partial charge in [0.1, 0.15) is 5.57 Å². The molecule has 0 saturated carbocycles. The lowest BCUT2D eigenvalue weighted by Crippen LogP contribution is -2.04. The molecule has 0 atom stereocenters. The van der Waals surface area contributed by atoms with Gasteiger partial charge in [0.05, 0.1) is 4.92 Å². The molecule has 0 heterocycles. The van der Waals surface area contributed by atoms with Gasteiger partial charge in [-0.05, 0) is 31.6 Å². The van der Waals surface area contributed by atoms with Crippen molar-refractivity contribution < 1.29 is 24.7 Å². The summed E-state index contributed by atoms with van der Waals surface area (Å²) in [7, 11) is 0. The highest BCUT2D eigenvalue weighted by molar-refractivity contribution is 6.18. The number of hydrogen-bond acceptors (Lipinski definition) is 6. The fraction of sp³-hybridized carbons (Fsp3) is 0.154. The number of allylic oxidation sites excluding steroid dienone is 1. The lowest BCUT2D eigenvalue weighted by atomic mass is 10.1. The van der Waals surface area contributed by atoms with E-state index in [1.54, 1.807) is 0 Å². The molecular formula is C13H11NO6. The smallest absolute Gasteiger partial charge is 0.315 e. The van der Waals surface area contributed by atoms with E-state index in [1.807, 2.05) is 0 Å². The number of carbonyl (C=O) groups is 2. The van der Waals surface area contributed by atoms with Gasteiger partial charge < -0.3 is 10.2 Å². The summed E-state index contributed by atoms with van der Waals surface area (Å²) in [6.07, 6.45) is 1.14. The lowest BCUT2D eigenvalue weighted by Gasteiger charge is -2.00. The molecule has 0 unspecified atom stereocenters. The number of benzene rings is 1. The topological polar surface area (TPSA) is 118 Å². The van der Waals surface area contributed by atoms with Crippen LogP contribution < -0.4 is 0 Å². The van der Waals surface area contributed by atoms with Gasteiger partial charge in [-0.3, -0.25) is 19.7 Å². The Balaban J connectivity index is 3.42. The van der Waals surface area contributed by atoms with Crippen LogP contribution >= 0.6 is 0 Å². The highest BCUT2D eigenvalue weighted by Gasteiger charge is 2.18. The summed E-state index contributed by atoms with van der Waals surface area (Å²) in [5.74, 6) is -2.52. The Bertz CT molecular complexity index is 652. The van der Waals surface area contributed by atoms with Crippen LogP contribution in [0.5, 0.6) is 11.5 Å². The molecule has 0 bridgehead atoms. The number of Topliss-reactive ketones (excluding diaryl/α,β-unsaturated/α-hetero) is 2. The molecule has 1 aromatic rings. The second-order valence-corrected chi connectivity index (χ2v) is 3.94. The average molecular weight is 277 g/mol. The van der Waals surface area contributed by atoms with Crippen molar-refractivity contribution in [3.63, 3.8) is 0 Å². The molecule has 0 radical (unpaired) electrons. The predicted octanol–water partition coefficient (Wildman–Crippen LogP) is 1.72. The number of hydrogen-bond donors (Lipinski definition) is 2. The Hall–Kier alpha value is -2.92. The molecular weight excluding hydrogens is 266 g/mol. The molecule has 0 amide bonds. The van der Waals surface area contributed by atoms with Crippen LogP contribution in [-0.4, -0.2) is 26.7 Å². The maximum absolute atomic E-state index is 11.2. The van der Waals surface area contributed by atoms with Gasteiger partial charge in [-0.25, -0.2) is 0 Å². The van der Waals surface area contributed by atoms with Crippen molar-refractivity contribution in [2.45, 2.75) is 13.8 Å². The van der Waals surface area contributed by atoms with Crippen LogP contribution in [-0.2, 0) is 9.59 Å². The number of nitro benzene ring substituents is 1. The number of phenolic OH excluding ortho intramolecular Hbond substituents is 2. The molecule has 0 fully saturated rings. The third-order valence-electron chi connectivity index (χ3n) is 2.38. The Morgan fingerprint density at radius 2 is 1.80 bits per heavy atom. The van der Waals surface area contributed by atoms with Crippen LogP contribution in [0.4, 0.5) is 5.69 Å². The molecule has 2 N–H and O–H groups in total. The molecule has 7 heteroatoms. The molecule has 20 heavy (non-hydrogen) atoms. The van der Waals surface area contributed by atoms with Crippen LogP contribution in [0.3, 0.4) is 0 Å². The van der Waals surface area contributed by atoms with Gasteiger partial charge in [-0.15, -0.1) is 5.73 Å². The third-order valence-corrected chi connectivity index (χ3v) is 2.38. The first-order valence-corrected chi connectivity index (χ1v) is 5.43. The van der Waals surface area contributed by atoms with E-state index in [0.29, 0.717) is 0 Å². The summed E-state index contributed by atoms with van der Waals surface area (Å²) >= 11 is 0. The Kier molecular flexibility index (Phi) is 4.40. The van der Waals surface area contributed by atoms with Gasteiger partial charge in [-0.1, -0.05) is 0 Å². The van der Waals surface area contributed by atoms with Crippen molar-refractivity contribution in [2.24, 2.45) is 0 Å². The Labute approximate surface area is 113 Å². The van der Waals surface area contributed by atoms with E-state index >= 15 is 0 Å². The molecule has 1 rings (SSSR count). The molecule has 0 spiro atoms. The number of aromatic hydroxyl groups is 2. The van der Waals surface area contributed by atoms with E-state index in [2.05, 4.69) is 5.73 Å². The first kappa shape index (κ1) is 15.1. The van der Waals surface area contributed by atoms with Crippen molar-refractivity contribution in [2.75, 3.05) is 0 Å². The van der Waals surface area contributed by atoms with E-state index in [4.69, 9.17) is 0 Å². The van der Waals surface area contributed by atoms with Crippen molar-refractivity contribution >= 4 is 23.3 Å².